The molecule has 6 heteroatoms. The standard InChI is InChI=1S/C15H19NO5/c1-9(2)21-13-4-3-10(15(18)19)7-12(13)16-14(17)11-5-6-20-8-11/h3-4,7,9,11H,5-6,8H2,1-2H3,(H,16,17)(H,18,19)/t11-/m0/s1. The molecule has 0 saturated carbocycles. The van der Waals surface area contributed by atoms with Gasteiger partial charge in [0.1, 0.15) is 5.75 Å². The molecule has 1 fully saturated rings. The summed E-state index contributed by atoms with van der Waals surface area (Å²) in [6.45, 7) is 4.69. The molecule has 114 valence electrons. The lowest BCUT2D eigenvalue weighted by Crippen LogP contribution is -2.23. The van der Waals surface area contributed by atoms with Gasteiger partial charge < -0.3 is 19.9 Å². The molecule has 0 aromatic heterocycles. The van der Waals surface area contributed by atoms with Gasteiger partial charge in [0, 0.05) is 6.61 Å². The van der Waals surface area contributed by atoms with Crippen molar-refractivity contribution in [2.45, 2.75) is 26.4 Å². The van der Waals surface area contributed by atoms with E-state index in [-0.39, 0.29) is 23.5 Å². The quantitative estimate of drug-likeness (QED) is 0.869. The lowest BCUT2D eigenvalue weighted by Gasteiger charge is -2.16. The molecule has 0 spiro atoms. The summed E-state index contributed by atoms with van der Waals surface area (Å²) < 4.78 is 10.8. The van der Waals surface area contributed by atoms with E-state index in [9.17, 15) is 9.59 Å². The fraction of sp³-hybridized carbons (Fsp3) is 0.467. The molecule has 1 aromatic carbocycles. The maximum absolute atomic E-state index is 12.1. The van der Waals surface area contributed by atoms with Crippen LogP contribution in [0, 0.1) is 5.92 Å². The highest BCUT2D eigenvalue weighted by molar-refractivity contribution is 5.96. The van der Waals surface area contributed by atoms with Gasteiger partial charge in [-0.3, -0.25) is 4.79 Å². The molecule has 21 heavy (non-hydrogen) atoms. The largest absolute Gasteiger partial charge is 0.489 e. The minimum Gasteiger partial charge on any atom is -0.489 e. The van der Waals surface area contributed by atoms with E-state index in [1.807, 2.05) is 13.8 Å². The molecule has 1 aliphatic heterocycles. The smallest absolute Gasteiger partial charge is 0.335 e. The second-order valence-electron chi connectivity index (χ2n) is 5.23. The zero-order valence-corrected chi connectivity index (χ0v) is 12.1. The van der Waals surface area contributed by atoms with Crippen molar-refractivity contribution >= 4 is 17.6 Å². The number of carboxylic acid groups (broad SMARTS) is 1. The average molecular weight is 293 g/mol. The molecular formula is C15H19NO5. The monoisotopic (exact) mass is 293 g/mol. The van der Waals surface area contributed by atoms with Crippen molar-refractivity contribution in [1.82, 2.24) is 0 Å². The molecular weight excluding hydrogens is 274 g/mol. The van der Waals surface area contributed by atoms with Crippen LogP contribution in [-0.2, 0) is 9.53 Å². The van der Waals surface area contributed by atoms with Gasteiger partial charge in [-0.25, -0.2) is 4.79 Å². The van der Waals surface area contributed by atoms with Gasteiger partial charge in [0.05, 0.1) is 29.9 Å². The number of benzene rings is 1. The summed E-state index contributed by atoms with van der Waals surface area (Å²) in [6.07, 6.45) is 0.594. The first-order valence-electron chi connectivity index (χ1n) is 6.90. The van der Waals surface area contributed by atoms with Gasteiger partial charge in [-0.1, -0.05) is 0 Å². The van der Waals surface area contributed by atoms with Gasteiger partial charge in [-0.2, -0.15) is 0 Å². The molecule has 2 rings (SSSR count). The Bertz CT molecular complexity index is 535. The van der Waals surface area contributed by atoms with Crippen LogP contribution in [0.25, 0.3) is 0 Å². The zero-order valence-electron chi connectivity index (χ0n) is 12.1. The number of aromatic carboxylic acids is 1. The van der Waals surface area contributed by atoms with Crippen LogP contribution in [0.1, 0.15) is 30.6 Å². The maximum atomic E-state index is 12.1. The number of hydrogen-bond donors (Lipinski definition) is 2. The van der Waals surface area contributed by atoms with E-state index in [1.165, 1.54) is 12.1 Å². The van der Waals surface area contributed by atoms with E-state index >= 15 is 0 Å². The van der Waals surface area contributed by atoms with Gasteiger partial charge in [-0.15, -0.1) is 0 Å². The molecule has 1 heterocycles. The van der Waals surface area contributed by atoms with Crippen molar-refractivity contribution in [2.75, 3.05) is 18.5 Å². The second kappa shape index (κ2) is 6.58. The van der Waals surface area contributed by atoms with Gasteiger partial charge in [0.25, 0.3) is 0 Å². The van der Waals surface area contributed by atoms with E-state index in [2.05, 4.69) is 5.32 Å². The van der Waals surface area contributed by atoms with Crippen LogP contribution >= 0.6 is 0 Å². The molecule has 1 atom stereocenters. The molecule has 0 aliphatic carbocycles. The number of carboxylic acids is 1. The third-order valence-corrected chi connectivity index (χ3v) is 3.15. The molecule has 6 nitrogen and oxygen atoms in total. The van der Waals surface area contributed by atoms with Crippen LogP contribution in [0.2, 0.25) is 0 Å². The van der Waals surface area contributed by atoms with Crippen molar-refractivity contribution in [3.63, 3.8) is 0 Å². The number of amides is 1. The SMILES string of the molecule is CC(C)Oc1ccc(C(=O)O)cc1NC(=O)[C@H]1CCOC1. The number of carbonyl (C=O) groups is 2. The fourth-order valence-electron chi connectivity index (χ4n) is 2.09. The summed E-state index contributed by atoms with van der Waals surface area (Å²) in [4.78, 5) is 23.2. The fourth-order valence-corrected chi connectivity index (χ4v) is 2.09. The number of anilines is 1. The Morgan fingerprint density at radius 3 is 2.76 bits per heavy atom. The number of carbonyl (C=O) groups excluding carboxylic acids is 1. The Morgan fingerprint density at radius 1 is 1.43 bits per heavy atom. The third-order valence-electron chi connectivity index (χ3n) is 3.15. The summed E-state index contributed by atoms with van der Waals surface area (Å²) in [5, 5.41) is 11.8. The molecule has 0 radical (unpaired) electrons. The highest BCUT2D eigenvalue weighted by Crippen LogP contribution is 2.28. The minimum absolute atomic E-state index is 0.0776. The molecule has 0 bridgehead atoms. The zero-order chi connectivity index (χ0) is 15.4. The van der Waals surface area contributed by atoms with Gasteiger partial charge in [0.15, 0.2) is 0 Å². The predicted molar refractivity (Wildman–Crippen MR) is 76.7 cm³/mol. The van der Waals surface area contributed by atoms with Crippen molar-refractivity contribution in [3.8, 4) is 5.75 Å². The molecule has 1 aromatic rings. The van der Waals surface area contributed by atoms with Gasteiger partial charge >= 0.3 is 5.97 Å². The summed E-state index contributed by atoms with van der Waals surface area (Å²) in [6, 6.07) is 4.42. The van der Waals surface area contributed by atoms with Crippen LogP contribution in [0.4, 0.5) is 5.69 Å². The lowest BCUT2D eigenvalue weighted by molar-refractivity contribution is -0.119. The summed E-state index contributed by atoms with van der Waals surface area (Å²) in [5.74, 6) is -0.970. The topological polar surface area (TPSA) is 84.9 Å². The van der Waals surface area contributed by atoms with E-state index in [1.54, 1.807) is 6.07 Å². The molecule has 2 N–H and O–H groups in total. The van der Waals surface area contributed by atoms with Crippen molar-refractivity contribution in [1.29, 1.82) is 0 Å². The third kappa shape index (κ3) is 3.95. The number of hydrogen-bond acceptors (Lipinski definition) is 4. The first-order chi connectivity index (χ1) is 9.97. The van der Waals surface area contributed by atoms with E-state index < -0.39 is 5.97 Å². The predicted octanol–water partition coefficient (Wildman–Crippen LogP) is 2.15. The highest BCUT2D eigenvalue weighted by atomic mass is 16.5. The van der Waals surface area contributed by atoms with Gasteiger partial charge in [-0.05, 0) is 38.5 Å². The number of ether oxygens (including phenoxy) is 2. The molecule has 1 amide bonds. The summed E-state index contributed by atoms with van der Waals surface area (Å²) in [5.41, 5.74) is 0.476. The van der Waals surface area contributed by atoms with E-state index in [4.69, 9.17) is 14.6 Å². The Hall–Kier alpha value is -2.08. The van der Waals surface area contributed by atoms with Crippen LogP contribution < -0.4 is 10.1 Å². The van der Waals surface area contributed by atoms with Crippen molar-refractivity contribution in [3.05, 3.63) is 23.8 Å². The number of rotatable bonds is 5. The van der Waals surface area contributed by atoms with Crippen molar-refractivity contribution < 1.29 is 24.2 Å². The highest BCUT2D eigenvalue weighted by Gasteiger charge is 2.24. The lowest BCUT2D eigenvalue weighted by atomic mass is 10.1. The Labute approximate surface area is 123 Å². The molecule has 1 aliphatic rings. The Kier molecular flexibility index (Phi) is 4.80. The number of nitrogens with one attached hydrogen (secondary N) is 1. The summed E-state index contributed by atoms with van der Waals surface area (Å²) in [7, 11) is 0. The van der Waals surface area contributed by atoms with Crippen LogP contribution in [0.3, 0.4) is 0 Å². The Balaban J connectivity index is 2.22. The first kappa shape index (κ1) is 15.3. The van der Waals surface area contributed by atoms with Crippen LogP contribution in [0.15, 0.2) is 18.2 Å². The summed E-state index contributed by atoms with van der Waals surface area (Å²) >= 11 is 0. The normalized spacial score (nSPS) is 17.8. The van der Waals surface area contributed by atoms with Crippen molar-refractivity contribution in [2.24, 2.45) is 5.92 Å². The molecule has 1 saturated heterocycles. The van der Waals surface area contributed by atoms with Gasteiger partial charge in [0.2, 0.25) is 5.91 Å². The van der Waals surface area contributed by atoms with E-state index in [0.717, 1.165) is 0 Å². The van der Waals surface area contributed by atoms with E-state index in [0.29, 0.717) is 31.1 Å². The molecule has 0 unspecified atom stereocenters. The average Bonchev–Trinajstić information content (AvgIpc) is 2.93. The first-order valence-corrected chi connectivity index (χ1v) is 6.90. The minimum atomic E-state index is -1.05. The maximum Gasteiger partial charge on any atom is 0.335 e. The Morgan fingerprint density at radius 2 is 2.19 bits per heavy atom. The van der Waals surface area contributed by atoms with Crippen LogP contribution in [0.5, 0.6) is 5.75 Å². The second-order valence-corrected chi connectivity index (χ2v) is 5.23. The van der Waals surface area contributed by atoms with Crippen LogP contribution in [-0.4, -0.2) is 36.3 Å².